The van der Waals surface area contributed by atoms with E-state index < -0.39 is 4.92 Å². The summed E-state index contributed by atoms with van der Waals surface area (Å²) in [5, 5.41) is 14.3. The van der Waals surface area contributed by atoms with Crippen LogP contribution >= 0.6 is 0 Å². The zero-order chi connectivity index (χ0) is 9.30. The highest BCUT2D eigenvalue weighted by Gasteiger charge is 2.22. The topological polar surface area (TPSA) is 99.0 Å². The lowest BCUT2D eigenvalue weighted by molar-refractivity contribution is -0.384. The zero-order valence-corrected chi connectivity index (χ0v) is 6.74. The summed E-state index contributed by atoms with van der Waals surface area (Å²) in [6.45, 7) is 1.60. The van der Waals surface area contributed by atoms with Gasteiger partial charge in [0.25, 0.3) is 0 Å². The molecule has 0 aliphatic heterocycles. The maximum Gasteiger partial charge on any atom is 0.334 e. The van der Waals surface area contributed by atoms with Gasteiger partial charge in [0.1, 0.15) is 5.69 Å². The van der Waals surface area contributed by atoms with Crippen molar-refractivity contribution in [2.45, 2.75) is 6.92 Å². The van der Waals surface area contributed by atoms with E-state index in [1.54, 1.807) is 14.0 Å². The van der Waals surface area contributed by atoms with Crippen LogP contribution in [-0.4, -0.2) is 14.7 Å². The third-order valence-electron chi connectivity index (χ3n) is 1.62. The molecular weight excluding hydrogens is 162 g/mol. The van der Waals surface area contributed by atoms with Crippen molar-refractivity contribution < 1.29 is 4.92 Å². The van der Waals surface area contributed by atoms with Crippen molar-refractivity contribution in [3.8, 4) is 0 Å². The van der Waals surface area contributed by atoms with Crippen molar-refractivity contribution in [1.82, 2.24) is 9.78 Å². The first-order valence-electron chi connectivity index (χ1n) is 3.22. The lowest BCUT2D eigenvalue weighted by atomic mass is 10.4. The van der Waals surface area contributed by atoms with Gasteiger partial charge >= 0.3 is 5.69 Å². The molecule has 0 unspecified atom stereocenters. The number of aryl methyl sites for hydroxylation is 1. The number of nitrogen functional groups attached to an aromatic ring is 1. The summed E-state index contributed by atoms with van der Waals surface area (Å²) in [4.78, 5) is 9.96. The molecule has 0 saturated carbocycles. The SMILES string of the molecule is Cc1c([N+](=O)[O-])c(NN)nn1C. The van der Waals surface area contributed by atoms with Gasteiger partial charge in [-0.25, -0.2) is 5.84 Å². The molecule has 1 aromatic rings. The summed E-state index contributed by atoms with van der Waals surface area (Å²) in [6, 6.07) is 0. The number of hydrogen-bond donors (Lipinski definition) is 2. The van der Waals surface area contributed by atoms with Crippen LogP contribution in [0.5, 0.6) is 0 Å². The molecule has 0 amide bonds. The van der Waals surface area contributed by atoms with E-state index in [9.17, 15) is 10.1 Å². The molecular formula is C5H9N5O2. The molecule has 7 nitrogen and oxygen atoms in total. The zero-order valence-electron chi connectivity index (χ0n) is 6.74. The van der Waals surface area contributed by atoms with E-state index in [-0.39, 0.29) is 11.5 Å². The average Bonchev–Trinajstić information content (AvgIpc) is 2.28. The molecule has 0 saturated heterocycles. The molecule has 0 fully saturated rings. The Hall–Kier alpha value is -1.63. The van der Waals surface area contributed by atoms with Gasteiger partial charge in [-0.1, -0.05) is 0 Å². The van der Waals surface area contributed by atoms with Crippen molar-refractivity contribution in [1.29, 1.82) is 0 Å². The van der Waals surface area contributed by atoms with Crippen LogP contribution in [0.4, 0.5) is 11.5 Å². The number of anilines is 1. The van der Waals surface area contributed by atoms with Crippen LogP contribution in [0.1, 0.15) is 5.69 Å². The predicted octanol–water partition coefficient (Wildman–Crippen LogP) is -0.0777. The summed E-state index contributed by atoms with van der Waals surface area (Å²) >= 11 is 0. The number of nitrogens with zero attached hydrogens (tertiary/aromatic N) is 3. The minimum atomic E-state index is -0.516. The van der Waals surface area contributed by atoms with E-state index in [0.717, 1.165) is 0 Å². The molecule has 0 radical (unpaired) electrons. The highest BCUT2D eigenvalue weighted by atomic mass is 16.6. The van der Waals surface area contributed by atoms with E-state index >= 15 is 0 Å². The van der Waals surface area contributed by atoms with Crippen LogP contribution in [0, 0.1) is 17.0 Å². The highest BCUT2D eigenvalue weighted by molar-refractivity contribution is 5.57. The van der Waals surface area contributed by atoms with E-state index in [1.165, 1.54) is 4.68 Å². The number of nitrogens with one attached hydrogen (secondary N) is 1. The van der Waals surface area contributed by atoms with Crippen LogP contribution in [0.15, 0.2) is 0 Å². The van der Waals surface area contributed by atoms with Gasteiger partial charge in [0.2, 0.25) is 5.82 Å². The van der Waals surface area contributed by atoms with Crippen molar-refractivity contribution in [3.63, 3.8) is 0 Å². The minimum Gasteiger partial charge on any atom is -0.301 e. The van der Waals surface area contributed by atoms with Crippen molar-refractivity contribution in [3.05, 3.63) is 15.8 Å². The molecule has 0 spiro atoms. The Morgan fingerprint density at radius 2 is 2.33 bits per heavy atom. The van der Waals surface area contributed by atoms with Gasteiger partial charge in [-0.05, 0) is 6.92 Å². The second-order valence-electron chi connectivity index (χ2n) is 2.31. The second-order valence-corrected chi connectivity index (χ2v) is 2.31. The van der Waals surface area contributed by atoms with Gasteiger partial charge in [0.05, 0.1) is 4.92 Å². The number of aromatic nitrogens is 2. The van der Waals surface area contributed by atoms with Crippen molar-refractivity contribution >= 4 is 11.5 Å². The van der Waals surface area contributed by atoms with Crippen LogP contribution in [0.3, 0.4) is 0 Å². The number of rotatable bonds is 2. The maximum absolute atomic E-state index is 10.5. The van der Waals surface area contributed by atoms with Gasteiger partial charge in [-0.2, -0.15) is 0 Å². The molecule has 3 N–H and O–H groups in total. The molecule has 0 aliphatic carbocycles. The Morgan fingerprint density at radius 3 is 2.67 bits per heavy atom. The summed E-state index contributed by atoms with van der Waals surface area (Å²) in [6.07, 6.45) is 0. The van der Waals surface area contributed by atoms with Crippen molar-refractivity contribution in [2.75, 3.05) is 5.43 Å². The second kappa shape index (κ2) is 2.78. The minimum absolute atomic E-state index is 0.0833. The van der Waals surface area contributed by atoms with Gasteiger partial charge in [-0.15, -0.1) is 5.10 Å². The molecule has 7 heteroatoms. The van der Waals surface area contributed by atoms with E-state index in [0.29, 0.717) is 5.69 Å². The summed E-state index contributed by atoms with van der Waals surface area (Å²) in [5.74, 6) is 5.12. The van der Waals surface area contributed by atoms with Gasteiger partial charge in [0, 0.05) is 7.05 Å². The molecule has 0 atom stereocenters. The van der Waals surface area contributed by atoms with Crippen molar-refractivity contribution in [2.24, 2.45) is 12.9 Å². The Bertz CT molecular complexity index is 318. The maximum atomic E-state index is 10.5. The fourth-order valence-corrected chi connectivity index (χ4v) is 0.913. The molecule has 0 bridgehead atoms. The Kier molecular flexibility index (Phi) is 1.96. The highest BCUT2D eigenvalue weighted by Crippen LogP contribution is 2.25. The van der Waals surface area contributed by atoms with E-state index in [1.807, 2.05) is 0 Å². The van der Waals surface area contributed by atoms with Gasteiger partial charge in [0.15, 0.2) is 0 Å². The first-order chi connectivity index (χ1) is 5.57. The smallest absolute Gasteiger partial charge is 0.301 e. The first-order valence-corrected chi connectivity index (χ1v) is 3.22. The van der Waals surface area contributed by atoms with Crippen LogP contribution < -0.4 is 11.3 Å². The molecule has 66 valence electrons. The predicted molar refractivity (Wildman–Crippen MR) is 42.4 cm³/mol. The summed E-state index contributed by atoms with van der Waals surface area (Å²) in [5.41, 5.74) is 2.55. The lowest BCUT2D eigenvalue weighted by Gasteiger charge is -1.91. The quantitative estimate of drug-likeness (QED) is 0.368. The Morgan fingerprint density at radius 1 is 1.75 bits per heavy atom. The number of nitrogens with two attached hydrogens (primary N) is 1. The normalized spacial score (nSPS) is 9.92. The monoisotopic (exact) mass is 171 g/mol. The van der Waals surface area contributed by atoms with Gasteiger partial charge in [-0.3, -0.25) is 14.8 Å². The Labute approximate surface area is 68.3 Å². The van der Waals surface area contributed by atoms with Crippen LogP contribution in [-0.2, 0) is 7.05 Å². The third-order valence-corrected chi connectivity index (χ3v) is 1.62. The number of nitro groups is 1. The van der Waals surface area contributed by atoms with E-state index in [4.69, 9.17) is 5.84 Å². The summed E-state index contributed by atoms with van der Waals surface area (Å²) in [7, 11) is 1.61. The largest absolute Gasteiger partial charge is 0.334 e. The van der Waals surface area contributed by atoms with E-state index in [2.05, 4.69) is 10.5 Å². The first kappa shape index (κ1) is 8.47. The molecule has 0 aromatic carbocycles. The molecule has 1 rings (SSSR count). The third kappa shape index (κ3) is 1.10. The molecule has 1 heterocycles. The fourth-order valence-electron chi connectivity index (χ4n) is 0.913. The van der Waals surface area contributed by atoms with Crippen LogP contribution in [0.2, 0.25) is 0 Å². The number of hydrazine groups is 1. The lowest BCUT2D eigenvalue weighted by Crippen LogP contribution is -2.09. The number of hydrogen-bond acceptors (Lipinski definition) is 5. The fraction of sp³-hybridized carbons (Fsp3) is 0.400. The summed E-state index contributed by atoms with van der Waals surface area (Å²) < 4.78 is 1.40. The Balaban J connectivity index is 3.31. The van der Waals surface area contributed by atoms with Crippen LogP contribution in [0.25, 0.3) is 0 Å². The standard InChI is InChI=1S/C5H9N5O2/c1-3-4(10(11)12)5(7-6)8-9(3)2/h6H2,1-2H3,(H,7,8). The average molecular weight is 171 g/mol. The molecule has 0 aliphatic rings. The molecule has 12 heavy (non-hydrogen) atoms. The molecule has 1 aromatic heterocycles. The van der Waals surface area contributed by atoms with Gasteiger partial charge < -0.3 is 5.43 Å².